The highest BCUT2D eigenvalue weighted by molar-refractivity contribution is 7.99. The lowest BCUT2D eigenvalue weighted by molar-refractivity contribution is 0.1000. The fraction of sp³-hybridized carbons (Fsp3) is 0.385. The van der Waals surface area contributed by atoms with Crippen molar-refractivity contribution in [2.75, 3.05) is 24.6 Å². The molecule has 4 N–H and O–H groups in total. The second-order valence-electron chi connectivity index (χ2n) is 4.34. The zero-order valence-corrected chi connectivity index (χ0v) is 11.5. The first-order valence-corrected chi connectivity index (χ1v) is 7.33. The number of carbonyl (C=O) groups is 1. The van der Waals surface area contributed by atoms with Crippen LogP contribution in [0.15, 0.2) is 29.3 Å². The van der Waals surface area contributed by atoms with Crippen molar-refractivity contribution in [1.82, 2.24) is 4.90 Å². The Labute approximate surface area is 117 Å². The fourth-order valence-corrected chi connectivity index (χ4v) is 2.79. The van der Waals surface area contributed by atoms with Gasteiger partial charge in [0.15, 0.2) is 5.96 Å². The molecule has 1 aromatic carbocycles. The van der Waals surface area contributed by atoms with Crippen LogP contribution in [-0.2, 0) is 6.54 Å². The van der Waals surface area contributed by atoms with Crippen LogP contribution >= 0.6 is 11.8 Å². The van der Waals surface area contributed by atoms with Crippen LogP contribution in [0.5, 0.6) is 0 Å². The second kappa shape index (κ2) is 6.47. The van der Waals surface area contributed by atoms with Crippen molar-refractivity contribution in [3.8, 4) is 0 Å². The highest BCUT2D eigenvalue weighted by Crippen LogP contribution is 2.10. The molecule has 0 unspecified atom stereocenters. The van der Waals surface area contributed by atoms with Gasteiger partial charge in [-0.25, -0.2) is 4.99 Å². The van der Waals surface area contributed by atoms with Crippen molar-refractivity contribution in [2.24, 2.45) is 16.5 Å². The minimum Gasteiger partial charge on any atom is -0.370 e. The Balaban J connectivity index is 2.00. The predicted molar refractivity (Wildman–Crippen MR) is 79.2 cm³/mol. The number of benzene rings is 1. The van der Waals surface area contributed by atoms with Crippen molar-refractivity contribution in [3.05, 3.63) is 35.4 Å². The molecule has 1 aliphatic heterocycles. The highest BCUT2D eigenvalue weighted by Gasteiger charge is 2.11. The summed E-state index contributed by atoms with van der Waals surface area (Å²) in [4.78, 5) is 17.6. The molecule has 0 aromatic heterocycles. The number of hydrogen-bond donors (Lipinski definition) is 2. The molecule has 5 nitrogen and oxygen atoms in total. The summed E-state index contributed by atoms with van der Waals surface area (Å²) in [5.41, 5.74) is 12.7. The van der Waals surface area contributed by atoms with E-state index in [2.05, 4.69) is 9.89 Å². The van der Waals surface area contributed by atoms with E-state index < -0.39 is 5.91 Å². The number of nitrogens with zero attached hydrogens (tertiary/aromatic N) is 2. The molecular weight excluding hydrogens is 260 g/mol. The van der Waals surface area contributed by atoms with E-state index in [9.17, 15) is 4.79 Å². The zero-order chi connectivity index (χ0) is 13.7. The van der Waals surface area contributed by atoms with Crippen molar-refractivity contribution >= 4 is 23.6 Å². The van der Waals surface area contributed by atoms with E-state index in [0.29, 0.717) is 18.1 Å². The maximum absolute atomic E-state index is 11.1. The van der Waals surface area contributed by atoms with Crippen LogP contribution in [0.2, 0.25) is 0 Å². The van der Waals surface area contributed by atoms with E-state index in [1.54, 1.807) is 18.2 Å². The van der Waals surface area contributed by atoms with Crippen molar-refractivity contribution < 1.29 is 4.79 Å². The Bertz CT molecular complexity index is 483. The van der Waals surface area contributed by atoms with Crippen LogP contribution in [0.4, 0.5) is 0 Å². The molecule has 0 saturated carbocycles. The van der Waals surface area contributed by atoms with Gasteiger partial charge in [-0.1, -0.05) is 12.1 Å². The van der Waals surface area contributed by atoms with Gasteiger partial charge in [0.1, 0.15) is 0 Å². The summed E-state index contributed by atoms with van der Waals surface area (Å²) >= 11 is 1.93. The summed E-state index contributed by atoms with van der Waals surface area (Å²) < 4.78 is 0. The van der Waals surface area contributed by atoms with Crippen LogP contribution in [0.25, 0.3) is 0 Å². The lowest BCUT2D eigenvalue weighted by Gasteiger charge is -2.27. The minimum atomic E-state index is -0.424. The topological polar surface area (TPSA) is 84.7 Å². The molecule has 1 saturated heterocycles. The van der Waals surface area contributed by atoms with E-state index in [4.69, 9.17) is 11.5 Å². The first-order chi connectivity index (χ1) is 9.16. The highest BCUT2D eigenvalue weighted by atomic mass is 32.2. The predicted octanol–water partition coefficient (Wildman–Crippen LogP) is 0.649. The summed E-state index contributed by atoms with van der Waals surface area (Å²) in [6.45, 7) is 2.36. The molecule has 0 radical (unpaired) electrons. The average Bonchev–Trinajstić information content (AvgIpc) is 2.46. The largest absolute Gasteiger partial charge is 0.370 e. The van der Waals surface area contributed by atoms with E-state index in [0.717, 1.165) is 30.2 Å². The summed E-state index contributed by atoms with van der Waals surface area (Å²) in [6.07, 6.45) is 0. The lowest BCUT2D eigenvalue weighted by atomic mass is 10.1. The van der Waals surface area contributed by atoms with Gasteiger partial charge in [-0.2, -0.15) is 11.8 Å². The van der Waals surface area contributed by atoms with Crippen molar-refractivity contribution in [3.63, 3.8) is 0 Å². The Hall–Kier alpha value is -1.69. The van der Waals surface area contributed by atoms with Crippen LogP contribution in [0.1, 0.15) is 15.9 Å². The third-order valence-corrected chi connectivity index (χ3v) is 3.91. The van der Waals surface area contributed by atoms with Gasteiger partial charge in [0.25, 0.3) is 0 Å². The fourth-order valence-electron chi connectivity index (χ4n) is 1.89. The molecule has 2 rings (SSSR count). The van der Waals surface area contributed by atoms with Gasteiger partial charge >= 0.3 is 0 Å². The molecule has 19 heavy (non-hydrogen) atoms. The molecule has 1 aromatic rings. The summed E-state index contributed by atoms with van der Waals surface area (Å²) in [6, 6.07) is 7.17. The number of aliphatic imine (C=N–C) groups is 1. The van der Waals surface area contributed by atoms with Crippen LogP contribution in [0.3, 0.4) is 0 Å². The smallest absolute Gasteiger partial charge is 0.248 e. The second-order valence-corrected chi connectivity index (χ2v) is 5.56. The number of hydrogen-bond acceptors (Lipinski definition) is 3. The minimum absolute atomic E-state index is 0.424. The third-order valence-electron chi connectivity index (χ3n) is 2.97. The van der Waals surface area contributed by atoms with Gasteiger partial charge < -0.3 is 16.4 Å². The molecule has 0 atom stereocenters. The number of thioether (sulfide) groups is 1. The third kappa shape index (κ3) is 3.89. The van der Waals surface area contributed by atoms with E-state index in [-0.39, 0.29) is 0 Å². The first kappa shape index (κ1) is 13.7. The molecule has 1 heterocycles. The Morgan fingerprint density at radius 2 is 2.05 bits per heavy atom. The monoisotopic (exact) mass is 278 g/mol. The van der Waals surface area contributed by atoms with E-state index >= 15 is 0 Å². The number of carbonyl (C=O) groups excluding carboxylic acids is 1. The van der Waals surface area contributed by atoms with Crippen LogP contribution < -0.4 is 11.5 Å². The molecule has 0 bridgehead atoms. The molecule has 1 amide bonds. The van der Waals surface area contributed by atoms with Gasteiger partial charge in [-0.05, 0) is 17.7 Å². The van der Waals surface area contributed by atoms with Gasteiger partial charge in [-0.3, -0.25) is 4.79 Å². The average molecular weight is 278 g/mol. The molecule has 102 valence electrons. The standard InChI is InChI=1S/C13H18N4OS/c14-12(18)11-3-1-2-10(8-11)9-16-13(15)17-4-6-19-7-5-17/h1-3,8H,4-7,9H2,(H2,14,18)(H2,15,16). The van der Waals surface area contributed by atoms with E-state index in [1.165, 1.54) is 0 Å². The SMILES string of the molecule is NC(=O)c1cccc(CN=C(N)N2CCSCC2)c1. The van der Waals surface area contributed by atoms with Gasteiger partial charge in [0.2, 0.25) is 5.91 Å². The molecule has 6 heteroatoms. The summed E-state index contributed by atoms with van der Waals surface area (Å²) in [5.74, 6) is 2.33. The molecule has 1 fully saturated rings. The van der Waals surface area contributed by atoms with Crippen molar-refractivity contribution in [1.29, 1.82) is 0 Å². The van der Waals surface area contributed by atoms with Gasteiger partial charge in [-0.15, -0.1) is 0 Å². The molecule has 0 spiro atoms. The van der Waals surface area contributed by atoms with Crippen LogP contribution in [0, 0.1) is 0 Å². The maximum Gasteiger partial charge on any atom is 0.248 e. The summed E-state index contributed by atoms with van der Waals surface area (Å²) in [7, 11) is 0. The van der Waals surface area contributed by atoms with Gasteiger partial charge in [0, 0.05) is 30.2 Å². The number of primary amides is 1. The normalized spacial score (nSPS) is 16.4. The Kier molecular flexibility index (Phi) is 4.68. The molecular formula is C13H18N4OS. The number of nitrogens with two attached hydrogens (primary N) is 2. The number of guanidine groups is 1. The van der Waals surface area contributed by atoms with E-state index in [1.807, 2.05) is 17.8 Å². The number of rotatable bonds is 3. The lowest BCUT2D eigenvalue weighted by Crippen LogP contribution is -2.42. The van der Waals surface area contributed by atoms with Gasteiger partial charge in [0.05, 0.1) is 6.54 Å². The first-order valence-electron chi connectivity index (χ1n) is 6.18. The Morgan fingerprint density at radius 1 is 1.32 bits per heavy atom. The maximum atomic E-state index is 11.1. The molecule has 0 aliphatic carbocycles. The van der Waals surface area contributed by atoms with Crippen LogP contribution in [-0.4, -0.2) is 41.4 Å². The van der Waals surface area contributed by atoms with Crippen molar-refractivity contribution in [2.45, 2.75) is 6.54 Å². The molecule has 1 aliphatic rings. The summed E-state index contributed by atoms with van der Waals surface area (Å²) in [5, 5.41) is 0. The number of amides is 1. The zero-order valence-electron chi connectivity index (χ0n) is 10.7. The quantitative estimate of drug-likeness (QED) is 0.628. The Morgan fingerprint density at radius 3 is 2.74 bits per heavy atom.